The summed E-state index contributed by atoms with van der Waals surface area (Å²) in [6.45, 7) is 0. The first kappa shape index (κ1) is 31.5. The summed E-state index contributed by atoms with van der Waals surface area (Å²) in [5.74, 6) is -1.19. The summed E-state index contributed by atoms with van der Waals surface area (Å²) >= 11 is 13.6. The highest BCUT2D eigenvalue weighted by Crippen LogP contribution is 2.25. The van der Waals surface area contributed by atoms with Crippen LogP contribution < -0.4 is 21.0 Å². The van der Waals surface area contributed by atoms with Crippen LogP contribution in [0.5, 0.6) is 0 Å². The molecule has 4 amide bonds. The van der Waals surface area contributed by atoms with E-state index in [0.717, 1.165) is 4.90 Å². The molecule has 9 nitrogen and oxygen atoms in total. The fourth-order valence-corrected chi connectivity index (χ4v) is 5.33. The van der Waals surface area contributed by atoms with Gasteiger partial charge in [0.05, 0.1) is 17.9 Å². The zero-order chi connectivity index (χ0) is 31.8. The standard InChI is InChI=1S/C33H25Cl2N5O4S/c34-23-12-11-22(27(35)18-23)17-28(37-32(43)21-7-3-1-4-8-21)33(44)36-24-13-15-26(16-14-24)45-20-30(41)38-29-19-31(42)40(39-29)25-9-5-2-6-10-25/h1-18H,19-20H2,(H,36,44)(H,37,43)(H,38,39,41)/b28-17-. The van der Waals surface area contributed by atoms with Crippen LogP contribution in [0.15, 0.2) is 119 Å². The van der Waals surface area contributed by atoms with E-state index in [1.54, 1.807) is 97.1 Å². The van der Waals surface area contributed by atoms with Crippen LogP contribution in [0, 0.1) is 0 Å². The molecule has 0 aliphatic carbocycles. The van der Waals surface area contributed by atoms with Crippen molar-refractivity contribution in [2.75, 3.05) is 16.1 Å². The normalized spacial score (nSPS) is 12.8. The number of thioether (sulfide) groups is 1. The molecular formula is C33H25Cl2N5O4S. The summed E-state index contributed by atoms with van der Waals surface area (Å²) in [5, 5.41) is 14.4. The number of carbonyl (C=O) groups is 4. The number of benzene rings is 4. The zero-order valence-corrected chi connectivity index (χ0v) is 25.8. The quantitative estimate of drug-likeness (QED) is 0.143. The van der Waals surface area contributed by atoms with Gasteiger partial charge in [-0.15, -0.1) is 11.8 Å². The number of nitrogens with one attached hydrogen (secondary N) is 3. The van der Waals surface area contributed by atoms with Crippen molar-refractivity contribution in [1.82, 2.24) is 10.6 Å². The lowest BCUT2D eigenvalue weighted by atomic mass is 10.1. The third kappa shape index (κ3) is 8.60. The predicted octanol–water partition coefficient (Wildman–Crippen LogP) is 6.36. The summed E-state index contributed by atoms with van der Waals surface area (Å²) < 4.78 is 0. The van der Waals surface area contributed by atoms with Gasteiger partial charge in [-0.1, -0.05) is 65.7 Å². The number of hydrogen-bond acceptors (Lipinski definition) is 6. The van der Waals surface area contributed by atoms with Crippen molar-refractivity contribution in [3.05, 3.63) is 130 Å². The van der Waals surface area contributed by atoms with Crippen molar-refractivity contribution in [3.8, 4) is 0 Å². The molecule has 3 N–H and O–H groups in total. The Morgan fingerprint density at radius 3 is 2.24 bits per heavy atom. The van der Waals surface area contributed by atoms with Gasteiger partial charge < -0.3 is 16.0 Å². The number of anilines is 2. The maximum atomic E-state index is 13.3. The molecule has 0 saturated carbocycles. The molecule has 4 aromatic carbocycles. The van der Waals surface area contributed by atoms with E-state index in [0.29, 0.717) is 32.5 Å². The lowest BCUT2D eigenvalue weighted by molar-refractivity contribution is -0.117. The molecule has 1 aliphatic rings. The van der Waals surface area contributed by atoms with E-state index in [-0.39, 0.29) is 35.5 Å². The average molecular weight is 659 g/mol. The van der Waals surface area contributed by atoms with E-state index in [4.69, 9.17) is 23.2 Å². The predicted molar refractivity (Wildman–Crippen MR) is 178 cm³/mol. The molecule has 0 saturated heterocycles. The third-order valence-electron chi connectivity index (χ3n) is 6.33. The highest BCUT2D eigenvalue weighted by atomic mass is 35.5. The molecule has 0 unspecified atom stereocenters. The summed E-state index contributed by atoms with van der Waals surface area (Å²) in [5.41, 5.74) is 1.94. The third-order valence-corrected chi connectivity index (χ3v) is 7.91. The van der Waals surface area contributed by atoms with E-state index in [1.165, 1.54) is 22.8 Å². The molecule has 4 aromatic rings. The van der Waals surface area contributed by atoms with Gasteiger partial charge in [0.2, 0.25) is 5.91 Å². The Morgan fingerprint density at radius 1 is 0.867 bits per heavy atom. The summed E-state index contributed by atoms with van der Waals surface area (Å²) in [6, 6.07) is 29.2. The Labute approximate surface area is 273 Å². The second-order valence-electron chi connectivity index (χ2n) is 9.62. The van der Waals surface area contributed by atoms with Gasteiger partial charge in [0.1, 0.15) is 11.5 Å². The first-order valence-electron chi connectivity index (χ1n) is 13.6. The summed E-state index contributed by atoms with van der Waals surface area (Å²) in [6.07, 6.45) is 1.48. The van der Waals surface area contributed by atoms with Gasteiger partial charge in [-0.2, -0.15) is 10.1 Å². The summed E-state index contributed by atoms with van der Waals surface area (Å²) in [7, 11) is 0. The van der Waals surface area contributed by atoms with E-state index < -0.39 is 11.8 Å². The Morgan fingerprint density at radius 2 is 1.56 bits per heavy atom. The number of rotatable bonds is 9. The molecule has 0 spiro atoms. The molecule has 45 heavy (non-hydrogen) atoms. The van der Waals surface area contributed by atoms with Crippen LogP contribution in [-0.4, -0.2) is 35.2 Å². The number of hydrogen-bond donors (Lipinski definition) is 3. The van der Waals surface area contributed by atoms with E-state index in [2.05, 4.69) is 21.1 Å². The molecule has 0 atom stereocenters. The second kappa shape index (κ2) is 14.7. The lowest BCUT2D eigenvalue weighted by Crippen LogP contribution is -2.31. The number of amidine groups is 1. The van der Waals surface area contributed by atoms with Gasteiger partial charge in [0.25, 0.3) is 17.7 Å². The van der Waals surface area contributed by atoms with E-state index in [1.807, 2.05) is 6.07 Å². The van der Waals surface area contributed by atoms with Crippen LogP contribution in [0.25, 0.3) is 6.08 Å². The molecule has 0 bridgehead atoms. The molecule has 12 heteroatoms. The van der Waals surface area contributed by atoms with Gasteiger partial charge in [-0.05, 0) is 72.3 Å². The molecule has 5 rings (SSSR count). The van der Waals surface area contributed by atoms with Crippen LogP contribution in [0.4, 0.5) is 11.4 Å². The van der Waals surface area contributed by atoms with E-state index >= 15 is 0 Å². The van der Waals surface area contributed by atoms with Gasteiger partial charge in [-0.25, -0.2) is 0 Å². The SMILES string of the molecule is O=C(CSc1ccc(NC(=O)/C(=C/c2ccc(Cl)cc2Cl)NC(=O)c2ccccc2)cc1)NC1=NN(c2ccccc2)C(=O)C1. The number of carbonyl (C=O) groups excluding carboxylic acids is 4. The average Bonchev–Trinajstić information content (AvgIpc) is 3.41. The maximum Gasteiger partial charge on any atom is 0.272 e. The fourth-order valence-electron chi connectivity index (χ4n) is 4.17. The van der Waals surface area contributed by atoms with Gasteiger partial charge in [0.15, 0.2) is 0 Å². The van der Waals surface area contributed by atoms with Crippen molar-refractivity contribution in [2.24, 2.45) is 5.10 Å². The fraction of sp³-hybridized carbons (Fsp3) is 0.0606. The number of halogens is 2. The Hall–Kier alpha value is -4.90. The minimum Gasteiger partial charge on any atom is -0.321 e. The number of nitrogens with zero attached hydrogens (tertiary/aromatic N) is 2. The molecule has 0 radical (unpaired) electrons. The van der Waals surface area contributed by atoms with E-state index in [9.17, 15) is 19.2 Å². The Balaban J connectivity index is 1.20. The van der Waals surface area contributed by atoms with Crippen molar-refractivity contribution in [1.29, 1.82) is 0 Å². The van der Waals surface area contributed by atoms with Gasteiger partial charge in [-0.3, -0.25) is 19.2 Å². The van der Waals surface area contributed by atoms with Crippen molar-refractivity contribution >= 4 is 81.9 Å². The zero-order valence-electron chi connectivity index (χ0n) is 23.5. The number of amides is 4. The second-order valence-corrected chi connectivity index (χ2v) is 11.5. The number of para-hydroxylation sites is 1. The summed E-state index contributed by atoms with van der Waals surface area (Å²) in [4.78, 5) is 51.8. The first-order chi connectivity index (χ1) is 21.7. The van der Waals surface area contributed by atoms with Crippen molar-refractivity contribution < 1.29 is 19.2 Å². The Kier molecular flexibility index (Phi) is 10.3. The van der Waals surface area contributed by atoms with Gasteiger partial charge in [0, 0.05) is 26.2 Å². The first-order valence-corrected chi connectivity index (χ1v) is 15.3. The molecule has 0 fully saturated rings. The van der Waals surface area contributed by atoms with Crippen LogP contribution in [-0.2, 0) is 14.4 Å². The highest BCUT2D eigenvalue weighted by Gasteiger charge is 2.26. The topological polar surface area (TPSA) is 120 Å². The van der Waals surface area contributed by atoms with Crippen molar-refractivity contribution in [3.63, 3.8) is 0 Å². The molecule has 0 aromatic heterocycles. The van der Waals surface area contributed by atoms with Gasteiger partial charge >= 0.3 is 0 Å². The Bertz CT molecular complexity index is 1800. The smallest absolute Gasteiger partial charge is 0.272 e. The highest BCUT2D eigenvalue weighted by molar-refractivity contribution is 8.00. The van der Waals surface area contributed by atoms with Crippen LogP contribution >= 0.6 is 35.0 Å². The minimum absolute atomic E-state index is 0.00611. The largest absolute Gasteiger partial charge is 0.321 e. The van der Waals surface area contributed by atoms with Crippen LogP contribution in [0.1, 0.15) is 22.3 Å². The minimum atomic E-state index is -0.568. The number of hydrazone groups is 1. The molecule has 1 heterocycles. The van der Waals surface area contributed by atoms with Crippen LogP contribution in [0.3, 0.4) is 0 Å². The maximum absolute atomic E-state index is 13.3. The molecule has 226 valence electrons. The van der Waals surface area contributed by atoms with Crippen molar-refractivity contribution in [2.45, 2.75) is 11.3 Å². The monoisotopic (exact) mass is 657 g/mol. The molecule has 1 aliphatic heterocycles. The lowest BCUT2D eigenvalue weighted by Gasteiger charge is -2.12. The van der Waals surface area contributed by atoms with Crippen LogP contribution in [0.2, 0.25) is 10.0 Å². The molecular weight excluding hydrogens is 633 g/mol.